The van der Waals surface area contributed by atoms with Gasteiger partial charge in [0.25, 0.3) is 5.91 Å². The summed E-state index contributed by atoms with van der Waals surface area (Å²) in [6, 6.07) is 6.43. The number of piperidine rings is 1. The van der Waals surface area contributed by atoms with Gasteiger partial charge in [0.1, 0.15) is 0 Å². The van der Waals surface area contributed by atoms with Crippen molar-refractivity contribution in [1.29, 1.82) is 0 Å². The second-order valence-electron chi connectivity index (χ2n) is 5.95. The van der Waals surface area contributed by atoms with Crippen molar-refractivity contribution in [3.05, 3.63) is 33.8 Å². The number of hydrogen-bond donors (Lipinski definition) is 1. The third-order valence-electron chi connectivity index (χ3n) is 4.28. The lowest BCUT2D eigenvalue weighted by Gasteiger charge is -2.33. The van der Waals surface area contributed by atoms with Crippen LogP contribution in [0.3, 0.4) is 0 Å². The topological polar surface area (TPSA) is 32.3 Å². The first-order valence-corrected chi connectivity index (χ1v) is 8.65. The quantitative estimate of drug-likeness (QED) is 0.818. The fraction of sp³-hybridized carbons (Fsp3) is 0.588. The second-order valence-corrected chi connectivity index (χ2v) is 6.81. The maximum atomic E-state index is 12.1. The minimum absolute atomic E-state index is 0.0161. The minimum atomic E-state index is 0.0161. The number of likely N-dealkylation sites (tertiary alicyclic amines) is 1. The van der Waals surface area contributed by atoms with Crippen molar-refractivity contribution < 1.29 is 4.79 Å². The highest BCUT2D eigenvalue weighted by molar-refractivity contribution is 9.10. The maximum Gasteiger partial charge on any atom is 0.251 e. The zero-order valence-electron chi connectivity index (χ0n) is 13.0. The third kappa shape index (κ3) is 4.82. The van der Waals surface area contributed by atoms with E-state index in [0.29, 0.717) is 6.04 Å². The Labute approximate surface area is 136 Å². The molecule has 1 heterocycles. The zero-order valence-corrected chi connectivity index (χ0v) is 14.6. The molecule has 1 saturated heterocycles. The van der Waals surface area contributed by atoms with E-state index < -0.39 is 0 Å². The van der Waals surface area contributed by atoms with Gasteiger partial charge in [-0.1, -0.05) is 28.4 Å². The molecule has 1 fully saturated rings. The van der Waals surface area contributed by atoms with Crippen LogP contribution in [-0.4, -0.2) is 36.5 Å². The Balaban J connectivity index is 1.72. The van der Waals surface area contributed by atoms with Crippen LogP contribution < -0.4 is 5.32 Å². The number of nitrogens with zero attached hydrogens (tertiary/aromatic N) is 1. The molecular formula is C17H25BrN2O. The van der Waals surface area contributed by atoms with Crippen molar-refractivity contribution in [1.82, 2.24) is 10.2 Å². The van der Waals surface area contributed by atoms with Crippen LogP contribution in [0.15, 0.2) is 22.7 Å². The van der Waals surface area contributed by atoms with Crippen molar-refractivity contribution in [2.24, 2.45) is 0 Å². The summed E-state index contributed by atoms with van der Waals surface area (Å²) < 4.78 is 0.984. The van der Waals surface area contributed by atoms with E-state index in [4.69, 9.17) is 0 Å². The summed E-state index contributed by atoms with van der Waals surface area (Å²) in [6.07, 6.45) is 5.00. The molecule has 1 aromatic carbocycles. The number of benzene rings is 1. The molecule has 1 atom stereocenters. The van der Waals surface area contributed by atoms with Gasteiger partial charge in [0.15, 0.2) is 0 Å². The predicted octanol–water partition coefficient (Wildman–Crippen LogP) is 3.75. The van der Waals surface area contributed by atoms with Crippen LogP contribution in [-0.2, 0) is 0 Å². The Bertz CT molecular complexity index is 490. The Morgan fingerprint density at radius 3 is 2.95 bits per heavy atom. The monoisotopic (exact) mass is 352 g/mol. The van der Waals surface area contributed by atoms with Crippen molar-refractivity contribution in [2.75, 3.05) is 19.6 Å². The van der Waals surface area contributed by atoms with Gasteiger partial charge in [-0.3, -0.25) is 4.79 Å². The molecule has 1 aromatic rings. The number of carbonyl (C=O) groups is 1. The molecule has 1 unspecified atom stereocenters. The van der Waals surface area contributed by atoms with Crippen LogP contribution in [0.4, 0.5) is 0 Å². The lowest BCUT2D eigenvalue weighted by molar-refractivity contribution is 0.0949. The summed E-state index contributed by atoms with van der Waals surface area (Å²) in [5.74, 6) is 0.0161. The fourth-order valence-electron chi connectivity index (χ4n) is 2.81. The summed E-state index contributed by atoms with van der Waals surface area (Å²) in [7, 11) is 0. The van der Waals surface area contributed by atoms with Crippen LogP contribution in [0.2, 0.25) is 0 Å². The highest BCUT2D eigenvalue weighted by atomic mass is 79.9. The standard InChI is InChI=1S/C17H25BrN2O/c1-13-7-8-15(12-16(13)18)17(21)19-9-5-11-20-10-4-3-6-14(20)2/h7-8,12,14H,3-6,9-11H2,1-2H3,(H,19,21). The molecule has 4 heteroatoms. The van der Waals surface area contributed by atoms with Crippen LogP contribution in [0, 0.1) is 6.92 Å². The van der Waals surface area contributed by atoms with E-state index in [1.165, 1.54) is 25.8 Å². The van der Waals surface area contributed by atoms with Crippen molar-refractivity contribution in [3.63, 3.8) is 0 Å². The summed E-state index contributed by atoms with van der Waals surface area (Å²) >= 11 is 3.47. The van der Waals surface area contributed by atoms with Gasteiger partial charge in [0, 0.05) is 29.2 Å². The molecule has 3 nitrogen and oxygen atoms in total. The number of aryl methyl sites for hydroxylation is 1. The van der Waals surface area contributed by atoms with Crippen LogP contribution >= 0.6 is 15.9 Å². The normalized spacial score (nSPS) is 19.5. The summed E-state index contributed by atoms with van der Waals surface area (Å²) in [5.41, 5.74) is 1.87. The van der Waals surface area contributed by atoms with Crippen LogP contribution in [0.25, 0.3) is 0 Å². The highest BCUT2D eigenvalue weighted by Crippen LogP contribution is 2.18. The number of nitrogens with one attached hydrogen (secondary N) is 1. The molecular weight excluding hydrogens is 328 g/mol. The first-order valence-electron chi connectivity index (χ1n) is 7.86. The van der Waals surface area contributed by atoms with Crippen molar-refractivity contribution in [3.8, 4) is 0 Å². The van der Waals surface area contributed by atoms with Gasteiger partial charge < -0.3 is 10.2 Å². The number of carbonyl (C=O) groups excluding carboxylic acids is 1. The Hall–Kier alpha value is -0.870. The van der Waals surface area contributed by atoms with E-state index in [-0.39, 0.29) is 5.91 Å². The smallest absolute Gasteiger partial charge is 0.251 e. The fourth-order valence-corrected chi connectivity index (χ4v) is 3.19. The summed E-state index contributed by atoms with van der Waals surface area (Å²) in [6.45, 7) is 7.36. The van der Waals surface area contributed by atoms with Gasteiger partial charge in [-0.2, -0.15) is 0 Å². The molecule has 0 saturated carbocycles. The molecule has 1 amide bonds. The summed E-state index contributed by atoms with van der Waals surface area (Å²) in [5, 5.41) is 3.01. The maximum absolute atomic E-state index is 12.1. The van der Waals surface area contributed by atoms with Crippen LogP contribution in [0.5, 0.6) is 0 Å². The molecule has 0 aliphatic carbocycles. The predicted molar refractivity (Wildman–Crippen MR) is 90.7 cm³/mol. The van der Waals surface area contributed by atoms with E-state index >= 15 is 0 Å². The third-order valence-corrected chi connectivity index (χ3v) is 5.14. The van der Waals surface area contributed by atoms with Gasteiger partial charge in [-0.15, -0.1) is 0 Å². The molecule has 0 bridgehead atoms. The molecule has 1 aliphatic heterocycles. The Morgan fingerprint density at radius 1 is 1.43 bits per heavy atom. The minimum Gasteiger partial charge on any atom is -0.352 e. The van der Waals surface area contributed by atoms with E-state index in [1.807, 2.05) is 25.1 Å². The second kappa shape index (κ2) is 7.95. The molecule has 1 aliphatic rings. The van der Waals surface area contributed by atoms with Crippen molar-refractivity contribution in [2.45, 2.75) is 45.6 Å². The van der Waals surface area contributed by atoms with Gasteiger partial charge in [-0.25, -0.2) is 0 Å². The first-order chi connectivity index (χ1) is 10.1. The van der Waals surface area contributed by atoms with Crippen molar-refractivity contribution >= 4 is 21.8 Å². The molecule has 2 rings (SSSR count). The van der Waals surface area contributed by atoms with Gasteiger partial charge in [0.05, 0.1) is 0 Å². The lowest BCUT2D eigenvalue weighted by atomic mass is 10.0. The average Bonchev–Trinajstić information content (AvgIpc) is 2.48. The number of rotatable bonds is 5. The molecule has 116 valence electrons. The van der Waals surface area contributed by atoms with E-state index in [9.17, 15) is 4.79 Å². The van der Waals surface area contributed by atoms with Gasteiger partial charge in [-0.05, 0) is 57.4 Å². The van der Waals surface area contributed by atoms with Gasteiger partial charge >= 0.3 is 0 Å². The first kappa shape index (κ1) is 16.5. The number of hydrogen-bond acceptors (Lipinski definition) is 2. The van der Waals surface area contributed by atoms with E-state index in [2.05, 4.69) is 33.1 Å². The number of halogens is 1. The highest BCUT2D eigenvalue weighted by Gasteiger charge is 2.17. The molecule has 0 radical (unpaired) electrons. The Morgan fingerprint density at radius 2 is 2.24 bits per heavy atom. The van der Waals surface area contributed by atoms with E-state index in [0.717, 1.165) is 35.1 Å². The molecule has 21 heavy (non-hydrogen) atoms. The molecule has 1 N–H and O–H groups in total. The largest absolute Gasteiger partial charge is 0.352 e. The van der Waals surface area contributed by atoms with E-state index in [1.54, 1.807) is 0 Å². The Kier molecular flexibility index (Phi) is 6.24. The molecule has 0 aromatic heterocycles. The zero-order chi connectivity index (χ0) is 15.2. The van der Waals surface area contributed by atoms with Gasteiger partial charge in [0.2, 0.25) is 0 Å². The van der Waals surface area contributed by atoms with Crippen LogP contribution in [0.1, 0.15) is 48.5 Å². The lowest BCUT2D eigenvalue weighted by Crippen LogP contribution is -2.39. The number of amides is 1. The summed E-state index contributed by atoms with van der Waals surface area (Å²) in [4.78, 5) is 14.6. The SMILES string of the molecule is Cc1ccc(C(=O)NCCCN2CCCCC2C)cc1Br. The average molecular weight is 353 g/mol. The molecule has 0 spiro atoms.